The number of methoxy groups -OCH3 is 2. The summed E-state index contributed by atoms with van der Waals surface area (Å²) < 4.78 is 39.2. The summed E-state index contributed by atoms with van der Waals surface area (Å²) in [7, 11) is -0.509. The molecule has 0 aliphatic heterocycles. The van der Waals surface area contributed by atoms with Crippen LogP contribution in [0.15, 0.2) is 61.2 Å². The molecule has 0 aromatic heterocycles. The molecule has 0 amide bonds. The van der Waals surface area contributed by atoms with Gasteiger partial charge in [0.15, 0.2) is 0 Å². The van der Waals surface area contributed by atoms with Crippen LogP contribution in [0.2, 0.25) is 0 Å². The van der Waals surface area contributed by atoms with Crippen molar-refractivity contribution in [2.24, 2.45) is 0 Å². The summed E-state index contributed by atoms with van der Waals surface area (Å²) in [5.74, 6) is 1.43. The van der Waals surface area contributed by atoms with E-state index in [2.05, 4.69) is 6.58 Å². The number of hydrogen-bond donors (Lipinski definition) is 1. The molecule has 2 aromatic carbocycles. The van der Waals surface area contributed by atoms with Gasteiger partial charge in [0.05, 0.1) is 25.6 Å². The lowest BCUT2D eigenvalue weighted by atomic mass is 10.1. The average molecular weight is 448 g/mol. The lowest BCUT2D eigenvalue weighted by Crippen LogP contribution is -2.39. The second kappa shape index (κ2) is 11.9. The van der Waals surface area contributed by atoms with Crippen LogP contribution in [0.4, 0.5) is 0 Å². The molecule has 6 nitrogen and oxygen atoms in total. The average Bonchev–Trinajstić information content (AvgIpc) is 2.76. The number of ether oxygens (including phenoxy) is 2. The zero-order valence-electron chi connectivity index (χ0n) is 18.5. The van der Waals surface area contributed by atoms with Crippen LogP contribution in [0.3, 0.4) is 0 Å². The topological polar surface area (TPSA) is 76.1 Å². The van der Waals surface area contributed by atoms with E-state index in [1.807, 2.05) is 48.5 Å². The van der Waals surface area contributed by atoms with E-state index in [0.717, 1.165) is 11.1 Å². The number of rotatable bonds is 13. The van der Waals surface area contributed by atoms with Crippen molar-refractivity contribution in [2.45, 2.75) is 50.6 Å². The van der Waals surface area contributed by atoms with Crippen molar-refractivity contribution in [3.8, 4) is 11.5 Å². The molecule has 0 fully saturated rings. The number of aliphatic hydroxyl groups is 1. The van der Waals surface area contributed by atoms with Crippen molar-refractivity contribution in [1.29, 1.82) is 0 Å². The summed E-state index contributed by atoms with van der Waals surface area (Å²) in [4.78, 5) is 0. The van der Waals surface area contributed by atoms with Gasteiger partial charge in [-0.05, 0) is 61.6 Å². The van der Waals surface area contributed by atoms with Gasteiger partial charge in [-0.15, -0.1) is 6.58 Å². The van der Waals surface area contributed by atoms with E-state index in [0.29, 0.717) is 24.3 Å². The van der Waals surface area contributed by atoms with Crippen molar-refractivity contribution < 1.29 is 23.0 Å². The van der Waals surface area contributed by atoms with Crippen LogP contribution in [0.25, 0.3) is 0 Å². The van der Waals surface area contributed by atoms with Gasteiger partial charge in [-0.3, -0.25) is 0 Å². The fraction of sp³-hybridized carbons (Fsp3) is 0.417. The molecule has 0 aliphatic rings. The molecule has 2 aromatic rings. The number of nitrogens with zero attached hydrogens (tertiary/aromatic N) is 1. The number of benzene rings is 2. The van der Waals surface area contributed by atoms with Gasteiger partial charge in [0.25, 0.3) is 0 Å². The third kappa shape index (κ3) is 7.38. The van der Waals surface area contributed by atoms with E-state index in [-0.39, 0.29) is 19.5 Å². The third-order valence-electron chi connectivity index (χ3n) is 5.11. The number of aliphatic hydroxyl groups excluding tert-OH is 1. The molecule has 0 heterocycles. The normalized spacial score (nSPS) is 13.6. The van der Waals surface area contributed by atoms with Gasteiger partial charge in [0, 0.05) is 13.1 Å². The van der Waals surface area contributed by atoms with Gasteiger partial charge in [0.1, 0.15) is 11.5 Å². The molecular formula is C24H33NO5S. The molecule has 0 bridgehead atoms. The number of hydrogen-bond acceptors (Lipinski definition) is 5. The largest absolute Gasteiger partial charge is 0.497 e. The van der Waals surface area contributed by atoms with Crippen molar-refractivity contribution >= 4 is 10.0 Å². The highest BCUT2D eigenvalue weighted by molar-refractivity contribution is 7.89. The molecule has 0 saturated carbocycles. The van der Waals surface area contributed by atoms with Gasteiger partial charge in [-0.2, -0.15) is 4.31 Å². The molecule has 0 saturated heterocycles. The second-order valence-corrected chi connectivity index (χ2v) is 9.79. The Morgan fingerprint density at radius 2 is 1.42 bits per heavy atom. The fourth-order valence-electron chi connectivity index (χ4n) is 3.39. The van der Waals surface area contributed by atoms with Crippen LogP contribution in [-0.4, -0.2) is 43.4 Å². The monoisotopic (exact) mass is 447 g/mol. The highest BCUT2D eigenvalue weighted by Gasteiger charge is 2.32. The highest BCUT2D eigenvalue weighted by atomic mass is 32.2. The molecule has 7 heteroatoms. The summed E-state index contributed by atoms with van der Waals surface area (Å²) >= 11 is 0. The Morgan fingerprint density at radius 1 is 0.968 bits per heavy atom. The Hall–Kier alpha value is -2.35. The zero-order valence-corrected chi connectivity index (χ0v) is 19.3. The Morgan fingerprint density at radius 3 is 1.77 bits per heavy atom. The molecule has 0 unspecified atom stereocenters. The minimum atomic E-state index is -3.70. The maximum absolute atomic E-state index is 13.7. The SMILES string of the molecule is C=CCC[C@@H](C[C@@H](C)O)S(=O)(=O)N(Cc1ccc(OC)cc1)Cc1ccc(OC)cc1. The Bertz CT molecular complexity index is 858. The molecule has 2 atom stereocenters. The first-order valence-corrected chi connectivity index (χ1v) is 11.8. The highest BCUT2D eigenvalue weighted by Crippen LogP contribution is 2.25. The molecule has 170 valence electrons. The van der Waals surface area contributed by atoms with Crippen LogP contribution in [0.1, 0.15) is 37.3 Å². The summed E-state index contributed by atoms with van der Waals surface area (Å²) in [6, 6.07) is 14.7. The summed E-state index contributed by atoms with van der Waals surface area (Å²) in [5.41, 5.74) is 1.72. The molecule has 2 rings (SSSR count). The van der Waals surface area contributed by atoms with E-state index in [1.165, 1.54) is 4.31 Å². The Labute approximate surface area is 186 Å². The van der Waals surface area contributed by atoms with Crippen molar-refractivity contribution in [1.82, 2.24) is 4.31 Å². The van der Waals surface area contributed by atoms with Gasteiger partial charge in [0.2, 0.25) is 10.0 Å². The first kappa shape index (κ1) is 24.9. The van der Waals surface area contributed by atoms with Gasteiger partial charge in [-0.25, -0.2) is 8.42 Å². The predicted molar refractivity (Wildman–Crippen MR) is 124 cm³/mol. The minimum Gasteiger partial charge on any atom is -0.497 e. The van der Waals surface area contributed by atoms with Crippen molar-refractivity contribution in [3.05, 3.63) is 72.3 Å². The standard InChI is InChI=1S/C24H33NO5S/c1-5-6-7-24(16-19(2)26)31(27,28)25(17-20-8-12-22(29-3)13-9-20)18-21-10-14-23(30-4)15-11-21/h5,8-15,19,24,26H,1,6-7,16-18H2,2-4H3/t19-,24+/m1/s1. The van der Waals surface area contributed by atoms with E-state index >= 15 is 0 Å². The van der Waals surface area contributed by atoms with E-state index in [4.69, 9.17) is 9.47 Å². The summed E-state index contributed by atoms with van der Waals surface area (Å²) in [6.07, 6.45) is 2.15. The minimum absolute atomic E-state index is 0.178. The lowest BCUT2D eigenvalue weighted by Gasteiger charge is -2.28. The number of allylic oxidation sites excluding steroid dienone is 1. The van der Waals surface area contributed by atoms with Crippen molar-refractivity contribution in [3.63, 3.8) is 0 Å². The Balaban J connectivity index is 2.37. The Kier molecular flexibility index (Phi) is 9.55. The van der Waals surface area contributed by atoms with Crippen LogP contribution >= 0.6 is 0 Å². The maximum Gasteiger partial charge on any atom is 0.217 e. The number of sulfonamides is 1. The summed E-state index contributed by atoms with van der Waals surface area (Å²) in [5, 5.41) is 9.23. The van der Waals surface area contributed by atoms with Gasteiger partial charge >= 0.3 is 0 Å². The fourth-order valence-corrected chi connectivity index (χ4v) is 5.42. The van der Waals surface area contributed by atoms with Gasteiger partial charge in [-0.1, -0.05) is 30.3 Å². The van der Waals surface area contributed by atoms with Crippen LogP contribution in [0.5, 0.6) is 11.5 Å². The van der Waals surface area contributed by atoms with Crippen molar-refractivity contribution in [2.75, 3.05) is 14.2 Å². The van der Waals surface area contributed by atoms with Gasteiger partial charge < -0.3 is 14.6 Å². The molecule has 1 N–H and O–H groups in total. The van der Waals surface area contributed by atoms with Crippen LogP contribution < -0.4 is 9.47 Å². The first-order valence-electron chi connectivity index (χ1n) is 10.3. The quantitative estimate of drug-likeness (QED) is 0.467. The molecular weight excluding hydrogens is 414 g/mol. The molecule has 0 aliphatic carbocycles. The molecule has 31 heavy (non-hydrogen) atoms. The van der Waals surface area contributed by atoms with E-state index < -0.39 is 21.4 Å². The molecule has 0 spiro atoms. The smallest absolute Gasteiger partial charge is 0.217 e. The van der Waals surface area contributed by atoms with Crippen LogP contribution in [-0.2, 0) is 23.1 Å². The maximum atomic E-state index is 13.7. The summed E-state index contributed by atoms with van der Waals surface area (Å²) in [6.45, 7) is 5.78. The first-order chi connectivity index (χ1) is 14.8. The third-order valence-corrected chi connectivity index (χ3v) is 7.36. The lowest BCUT2D eigenvalue weighted by molar-refractivity contribution is 0.180. The second-order valence-electron chi connectivity index (χ2n) is 7.58. The predicted octanol–water partition coefficient (Wildman–Crippen LogP) is 4.14. The molecule has 0 radical (unpaired) electrons. The van der Waals surface area contributed by atoms with Crippen LogP contribution in [0, 0.1) is 0 Å². The zero-order chi connectivity index (χ0) is 22.9. The van der Waals surface area contributed by atoms with E-state index in [1.54, 1.807) is 27.2 Å². The van der Waals surface area contributed by atoms with E-state index in [9.17, 15) is 13.5 Å².